The summed E-state index contributed by atoms with van der Waals surface area (Å²) in [6, 6.07) is 0. The fourth-order valence-corrected chi connectivity index (χ4v) is 2.31. The number of amides is 1. The Bertz CT molecular complexity index is 145. The van der Waals surface area contributed by atoms with Crippen molar-refractivity contribution in [3.63, 3.8) is 0 Å². The zero-order chi connectivity index (χ0) is 9.61. The summed E-state index contributed by atoms with van der Waals surface area (Å²) in [4.78, 5) is 11.2. The van der Waals surface area contributed by atoms with Gasteiger partial charge in [-0.2, -0.15) is 0 Å². The summed E-state index contributed by atoms with van der Waals surface area (Å²) in [5, 5.41) is 3.01. The molecule has 0 saturated heterocycles. The van der Waals surface area contributed by atoms with Crippen molar-refractivity contribution in [2.24, 2.45) is 0 Å². The van der Waals surface area contributed by atoms with E-state index in [4.69, 9.17) is 0 Å². The van der Waals surface area contributed by atoms with Gasteiger partial charge in [0.05, 0.1) is 0 Å². The van der Waals surface area contributed by atoms with Crippen molar-refractivity contribution in [2.75, 3.05) is 4.43 Å². The minimum Gasteiger partial charge on any atom is -0.351 e. The van der Waals surface area contributed by atoms with E-state index in [9.17, 15) is 4.79 Å². The lowest BCUT2D eigenvalue weighted by Gasteiger charge is -2.25. The minimum absolute atomic E-state index is 0.0343. The summed E-state index contributed by atoms with van der Waals surface area (Å²) in [6.07, 6.45) is 2.60. The van der Waals surface area contributed by atoms with Crippen LogP contribution < -0.4 is 5.32 Å². The molecule has 1 N–H and O–H groups in total. The molecule has 12 heavy (non-hydrogen) atoms. The first-order chi connectivity index (χ1) is 5.52. The van der Waals surface area contributed by atoms with Crippen LogP contribution in [0.1, 0.15) is 40.0 Å². The topological polar surface area (TPSA) is 29.1 Å². The van der Waals surface area contributed by atoms with Gasteiger partial charge in [-0.3, -0.25) is 4.79 Å². The fraction of sp³-hybridized carbons (Fsp3) is 0.889. The first-order valence-electron chi connectivity index (χ1n) is 4.39. The highest BCUT2D eigenvalue weighted by atomic mass is 127. The average molecular weight is 283 g/mol. The largest absolute Gasteiger partial charge is 0.351 e. The zero-order valence-electron chi connectivity index (χ0n) is 8.11. The third-order valence-electron chi connectivity index (χ3n) is 1.67. The molecular weight excluding hydrogens is 265 g/mol. The van der Waals surface area contributed by atoms with Gasteiger partial charge in [0.15, 0.2) is 0 Å². The van der Waals surface area contributed by atoms with Gasteiger partial charge in [0.2, 0.25) is 5.91 Å². The second kappa shape index (κ2) is 5.78. The van der Waals surface area contributed by atoms with E-state index < -0.39 is 0 Å². The summed E-state index contributed by atoms with van der Waals surface area (Å²) in [6.45, 7) is 6.16. The predicted octanol–water partition coefficient (Wildman–Crippen LogP) is 2.51. The second-order valence-corrected chi connectivity index (χ2v) is 4.70. The molecular formula is C9H18INO. The second-order valence-electron chi connectivity index (χ2n) is 3.62. The van der Waals surface area contributed by atoms with Gasteiger partial charge in [-0.05, 0) is 26.7 Å². The summed E-state index contributed by atoms with van der Waals surface area (Å²) in [5.74, 6) is 0.173. The van der Waals surface area contributed by atoms with Crippen LogP contribution in [0.15, 0.2) is 0 Å². The molecule has 0 aromatic carbocycles. The van der Waals surface area contributed by atoms with Crippen LogP contribution in [-0.4, -0.2) is 15.9 Å². The molecule has 0 aliphatic carbocycles. The third-order valence-corrected chi connectivity index (χ3v) is 2.21. The molecule has 0 aromatic rings. The van der Waals surface area contributed by atoms with Gasteiger partial charge in [0.25, 0.3) is 0 Å². The molecule has 0 saturated carbocycles. The van der Waals surface area contributed by atoms with E-state index in [0.29, 0.717) is 6.42 Å². The molecule has 0 aliphatic rings. The van der Waals surface area contributed by atoms with Gasteiger partial charge in [0.1, 0.15) is 0 Å². The predicted molar refractivity (Wildman–Crippen MR) is 60.6 cm³/mol. The fourth-order valence-electron chi connectivity index (χ4n) is 0.966. The Kier molecular flexibility index (Phi) is 5.88. The van der Waals surface area contributed by atoms with Crippen molar-refractivity contribution < 1.29 is 4.79 Å². The van der Waals surface area contributed by atoms with Crippen LogP contribution in [0.3, 0.4) is 0 Å². The van der Waals surface area contributed by atoms with E-state index in [-0.39, 0.29) is 11.4 Å². The molecule has 0 fully saturated rings. The zero-order valence-corrected chi connectivity index (χ0v) is 10.3. The van der Waals surface area contributed by atoms with Crippen molar-refractivity contribution in [3.05, 3.63) is 0 Å². The normalized spacial score (nSPS) is 11.3. The first kappa shape index (κ1) is 12.2. The highest BCUT2D eigenvalue weighted by Gasteiger charge is 2.18. The molecule has 0 spiro atoms. The molecule has 2 nitrogen and oxygen atoms in total. The van der Waals surface area contributed by atoms with E-state index in [1.807, 2.05) is 6.92 Å². The SMILES string of the molecule is CCCC(=O)NC(C)(C)CCI. The van der Waals surface area contributed by atoms with Crippen LogP contribution >= 0.6 is 22.6 Å². The van der Waals surface area contributed by atoms with Gasteiger partial charge >= 0.3 is 0 Å². The van der Waals surface area contributed by atoms with E-state index in [1.54, 1.807) is 0 Å². The molecule has 0 rings (SSSR count). The number of carbonyl (C=O) groups is 1. The number of hydrogen-bond donors (Lipinski definition) is 1. The molecule has 0 atom stereocenters. The van der Waals surface area contributed by atoms with Crippen molar-refractivity contribution >= 4 is 28.5 Å². The maximum absolute atomic E-state index is 11.2. The number of rotatable bonds is 5. The molecule has 0 bridgehead atoms. The number of hydrogen-bond acceptors (Lipinski definition) is 1. The molecule has 0 aliphatic heterocycles. The van der Waals surface area contributed by atoms with Crippen LogP contribution in [-0.2, 0) is 4.79 Å². The lowest BCUT2D eigenvalue weighted by Crippen LogP contribution is -2.43. The van der Waals surface area contributed by atoms with Crippen LogP contribution in [0.2, 0.25) is 0 Å². The van der Waals surface area contributed by atoms with Crippen LogP contribution in [0.25, 0.3) is 0 Å². The van der Waals surface area contributed by atoms with E-state index >= 15 is 0 Å². The van der Waals surface area contributed by atoms with Gasteiger partial charge in [-0.15, -0.1) is 0 Å². The Morgan fingerprint density at radius 1 is 1.50 bits per heavy atom. The Balaban J connectivity index is 3.79. The Labute approximate surface area is 88.6 Å². The minimum atomic E-state index is -0.0343. The molecule has 0 heterocycles. The average Bonchev–Trinajstić information content (AvgIpc) is 1.85. The van der Waals surface area contributed by atoms with Crippen molar-refractivity contribution in [1.29, 1.82) is 0 Å². The summed E-state index contributed by atoms with van der Waals surface area (Å²) >= 11 is 2.33. The molecule has 3 heteroatoms. The van der Waals surface area contributed by atoms with Gasteiger partial charge in [-0.1, -0.05) is 29.5 Å². The highest BCUT2D eigenvalue weighted by molar-refractivity contribution is 14.1. The van der Waals surface area contributed by atoms with Gasteiger partial charge < -0.3 is 5.32 Å². The Morgan fingerprint density at radius 3 is 2.50 bits per heavy atom. The number of nitrogens with one attached hydrogen (secondary N) is 1. The van der Waals surface area contributed by atoms with Crippen molar-refractivity contribution in [3.8, 4) is 0 Å². The van der Waals surface area contributed by atoms with Crippen LogP contribution in [0, 0.1) is 0 Å². The monoisotopic (exact) mass is 283 g/mol. The lowest BCUT2D eigenvalue weighted by molar-refractivity contribution is -0.122. The lowest BCUT2D eigenvalue weighted by atomic mass is 10.0. The maximum Gasteiger partial charge on any atom is 0.220 e. The number of alkyl halides is 1. The quantitative estimate of drug-likeness (QED) is 0.609. The standard InChI is InChI=1S/C9H18INO/c1-4-5-8(12)11-9(2,3)6-7-10/h4-7H2,1-3H3,(H,11,12). The third kappa shape index (κ3) is 5.80. The smallest absolute Gasteiger partial charge is 0.220 e. The first-order valence-corrected chi connectivity index (χ1v) is 5.91. The summed E-state index contributed by atoms with van der Waals surface area (Å²) in [7, 11) is 0. The Morgan fingerprint density at radius 2 is 2.08 bits per heavy atom. The van der Waals surface area contributed by atoms with E-state index in [0.717, 1.165) is 17.3 Å². The van der Waals surface area contributed by atoms with Gasteiger partial charge in [0, 0.05) is 16.4 Å². The van der Waals surface area contributed by atoms with Crippen molar-refractivity contribution in [1.82, 2.24) is 5.32 Å². The van der Waals surface area contributed by atoms with Crippen LogP contribution in [0.4, 0.5) is 0 Å². The molecule has 0 aromatic heterocycles. The molecule has 0 unspecified atom stereocenters. The van der Waals surface area contributed by atoms with E-state index in [1.165, 1.54) is 0 Å². The summed E-state index contributed by atoms with van der Waals surface area (Å²) < 4.78 is 1.08. The number of carbonyl (C=O) groups excluding carboxylic acids is 1. The summed E-state index contributed by atoms with van der Waals surface area (Å²) in [5.41, 5.74) is -0.0343. The van der Waals surface area contributed by atoms with E-state index in [2.05, 4.69) is 41.8 Å². The molecule has 72 valence electrons. The van der Waals surface area contributed by atoms with Gasteiger partial charge in [-0.25, -0.2) is 0 Å². The molecule has 1 amide bonds. The highest BCUT2D eigenvalue weighted by Crippen LogP contribution is 2.10. The maximum atomic E-state index is 11.2. The van der Waals surface area contributed by atoms with Crippen molar-refractivity contribution in [2.45, 2.75) is 45.6 Å². The number of halogens is 1. The van der Waals surface area contributed by atoms with Crippen LogP contribution in [0.5, 0.6) is 0 Å². The Hall–Kier alpha value is 0.200. The molecule has 0 radical (unpaired) electrons.